The number of fused-ring (bicyclic) bond motifs is 3. The van der Waals surface area contributed by atoms with Crippen molar-refractivity contribution in [2.75, 3.05) is 0 Å². The second-order valence-corrected chi connectivity index (χ2v) is 6.18. The molecule has 2 nitrogen and oxygen atoms in total. The van der Waals surface area contributed by atoms with Crippen molar-refractivity contribution in [1.29, 1.82) is 0 Å². The summed E-state index contributed by atoms with van der Waals surface area (Å²) in [5, 5.41) is 5.05. The van der Waals surface area contributed by atoms with Crippen molar-refractivity contribution in [2.45, 2.75) is 38.3 Å². The summed E-state index contributed by atoms with van der Waals surface area (Å²) in [7, 11) is 0. The summed E-state index contributed by atoms with van der Waals surface area (Å²) >= 11 is 0. The molecule has 0 radical (unpaired) electrons. The van der Waals surface area contributed by atoms with Gasteiger partial charge in [-0.25, -0.2) is 0 Å². The number of para-hydroxylation sites is 1. The molecule has 0 spiro atoms. The van der Waals surface area contributed by atoms with Gasteiger partial charge in [-0.15, -0.1) is 0 Å². The van der Waals surface area contributed by atoms with E-state index in [-0.39, 0.29) is 0 Å². The molecule has 3 aromatic rings. The first-order chi connectivity index (χ1) is 10.8. The Morgan fingerprint density at radius 1 is 1.05 bits per heavy atom. The first-order valence-corrected chi connectivity index (χ1v) is 8.14. The number of hydrogen-bond acceptors (Lipinski definition) is 2. The average Bonchev–Trinajstić information content (AvgIpc) is 2.95. The third-order valence-electron chi connectivity index (χ3n) is 4.72. The molecule has 1 aliphatic carbocycles. The normalized spacial score (nSPS) is 19.0. The van der Waals surface area contributed by atoms with Gasteiger partial charge in [-0.1, -0.05) is 48.5 Å². The minimum Gasteiger partial charge on any atom is -0.459 e. The summed E-state index contributed by atoms with van der Waals surface area (Å²) in [6.45, 7) is 2.23. The quantitative estimate of drug-likeness (QED) is 0.721. The van der Waals surface area contributed by atoms with Crippen LogP contribution in [0.4, 0.5) is 0 Å². The fourth-order valence-corrected chi connectivity index (χ4v) is 3.57. The van der Waals surface area contributed by atoms with E-state index in [1.165, 1.54) is 22.9 Å². The van der Waals surface area contributed by atoms with E-state index >= 15 is 0 Å². The number of hydrogen-bond donors (Lipinski definition) is 1. The zero-order valence-electron chi connectivity index (χ0n) is 12.9. The van der Waals surface area contributed by atoms with Crippen molar-refractivity contribution >= 4 is 11.0 Å². The fourth-order valence-electron chi connectivity index (χ4n) is 3.57. The maximum Gasteiger partial charge on any atom is 0.134 e. The number of benzene rings is 2. The Labute approximate surface area is 131 Å². The smallest absolute Gasteiger partial charge is 0.134 e. The van der Waals surface area contributed by atoms with Gasteiger partial charge in [0.2, 0.25) is 0 Å². The molecule has 1 aliphatic rings. The second kappa shape index (κ2) is 5.62. The molecule has 1 N–H and O–H groups in total. The van der Waals surface area contributed by atoms with Gasteiger partial charge in [0, 0.05) is 17.0 Å². The molecular weight excluding hydrogens is 270 g/mol. The van der Waals surface area contributed by atoms with Crippen LogP contribution in [0.5, 0.6) is 0 Å². The van der Waals surface area contributed by atoms with E-state index in [9.17, 15) is 0 Å². The highest BCUT2D eigenvalue weighted by atomic mass is 16.3. The Bertz CT molecular complexity index is 775. The molecule has 0 saturated carbocycles. The molecule has 1 aromatic heterocycles. The van der Waals surface area contributed by atoms with Crippen LogP contribution in [0.3, 0.4) is 0 Å². The molecule has 112 valence electrons. The third-order valence-corrected chi connectivity index (χ3v) is 4.72. The maximum absolute atomic E-state index is 6.18. The third kappa shape index (κ3) is 2.34. The van der Waals surface area contributed by atoms with Crippen LogP contribution in [0.15, 0.2) is 59.0 Å². The van der Waals surface area contributed by atoms with E-state index in [0.29, 0.717) is 12.1 Å². The van der Waals surface area contributed by atoms with Crippen LogP contribution in [0.2, 0.25) is 0 Å². The van der Waals surface area contributed by atoms with Gasteiger partial charge in [-0.3, -0.25) is 0 Å². The molecule has 2 aromatic carbocycles. The summed E-state index contributed by atoms with van der Waals surface area (Å²) in [4.78, 5) is 0. The summed E-state index contributed by atoms with van der Waals surface area (Å²) < 4.78 is 6.18. The van der Waals surface area contributed by atoms with E-state index in [4.69, 9.17) is 4.42 Å². The molecular formula is C20H21NO. The van der Waals surface area contributed by atoms with Gasteiger partial charge in [0.1, 0.15) is 11.3 Å². The van der Waals surface area contributed by atoms with Crippen molar-refractivity contribution in [2.24, 2.45) is 0 Å². The van der Waals surface area contributed by atoms with Crippen LogP contribution in [0.25, 0.3) is 11.0 Å². The van der Waals surface area contributed by atoms with Crippen molar-refractivity contribution in [3.8, 4) is 0 Å². The molecule has 0 saturated heterocycles. The van der Waals surface area contributed by atoms with Crippen LogP contribution < -0.4 is 5.32 Å². The van der Waals surface area contributed by atoms with Gasteiger partial charge in [-0.2, -0.15) is 0 Å². The Balaban J connectivity index is 1.65. The predicted molar refractivity (Wildman–Crippen MR) is 89.9 cm³/mol. The van der Waals surface area contributed by atoms with E-state index < -0.39 is 0 Å². The molecule has 4 rings (SSSR count). The van der Waals surface area contributed by atoms with Gasteiger partial charge >= 0.3 is 0 Å². The van der Waals surface area contributed by atoms with Crippen molar-refractivity contribution in [3.05, 3.63) is 71.5 Å². The largest absolute Gasteiger partial charge is 0.459 e. The number of furan rings is 1. The summed E-state index contributed by atoms with van der Waals surface area (Å²) in [6, 6.07) is 19.7. The minimum absolute atomic E-state index is 0.311. The van der Waals surface area contributed by atoms with Gasteiger partial charge in [-0.05, 0) is 37.8 Å². The number of nitrogens with one attached hydrogen (secondary N) is 1. The van der Waals surface area contributed by atoms with Crippen molar-refractivity contribution in [3.63, 3.8) is 0 Å². The average molecular weight is 291 g/mol. The molecule has 0 fully saturated rings. The lowest BCUT2D eigenvalue weighted by Gasteiger charge is -2.26. The van der Waals surface area contributed by atoms with Crippen molar-refractivity contribution < 1.29 is 4.42 Å². The first-order valence-electron chi connectivity index (χ1n) is 8.14. The summed E-state index contributed by atoms with van der Waals surface area (Å²) in [5.74, 6) is 1.15. The Kier molecular flexibility index (Phi) is 3.47. The topological polar surface area (TPSA) is 25.2 Å². The predicted octanol–water partition coefficient (Wildman–Crippen LogP) is 5.16. The number of rotatable bonds is 3. The van der Waals surface area contributed by atoms with Crippen LogP contribution >= 0.6 is 0 Å². The molecule has 0 aliphatic heterocycles. The Morgan fingerprint density at radius 2 is 1.82 bits per heavy atom. The van der Waals surface area contributed by atoms with Crippen LogP contribution in [-0.2, 0) is 6.42 Å². The molecule has 22 heavy (non-hydrogen) atoms. The first kappa shape index (κ1) is 13.6. The summed E-state index contributed by atoms with van der Waals surface area (Å²) in [6.07, 6.45) is 3.49. The van der Waals surface area contributed by atoms with Gasteiger partial charge in [0.05, 0.1) is 6.04 Å². The molecule has 0 bridgehead atoms. The minimum atomic E-state index is 0.311. The van der Waals surface area contributed by atoms with E-state index in [0.717, 1.165) is 24.2 Å². The Hall–Kier alpha value is -2.06. The lowest BCUT2D eigenvalue weighted by molar-refractivity contribution is 0.353. The molecule has 0 amide bonds. The van der Waals surface area contributed by atoms with Gasteiger partial charge < -0.3 is 9.73 Å². The molecule has 2 heteroatoms. The standard InChI is InChI=1S/C20H21NO/c1-14(15-8-3-2-4-9-15)21-18-12-7-11-17-16-10-5-6-13-19(16)22-20(17)18/h2-6,8-10,13-14,18,21H,7,11-12H2,1H3/t14-,18?/m1/s1. The zero-order valence-corrected chi connectivity index (χ0v) is 12.9. The highest BCUT2D eigenvalue weighted by Gasteiger charge is 2.27. The zero-order chi connectivity index (χ0) is 14.9. The monoisotopic (exact) mass is 291 g/mol. The molecule has 1 unspecified atom stereocenters. The molecule has 2 atom stereocenters. The highest BCUT2D eigenvalue weighted by Crippen LogP contribution is 2.38. The Morgan fingerprint density at radius 3 is 2.68 bits per heavy atom. The summed E-state index contributed by atoms with van der Waals surface area (Å²) in [5.41, 5.74) is 3.75. The van der Waals surface area contributed by atoms with E-state index in [2.05, 4.69) is 60.8 Å². The highest BCUT2D eigenvalue weighted by molar-refractivity contribution is 5.82. The van der Waals surface area contributed by atoms with Gasteiger partial charge in [0.15, 0.2) is 0 Å². The van der Waals surface area contributed by atoms with Crippen molar-refractivity contribution in [1.82, 2.24) is 5.32 Å². The maximum atomic E-state index is 6.18. The second-order valence-electron chi connectivity index (χ2n) is 6.18. The lowest BCUT2D eigenvalue weighted by Crippen LogP contribution is -2.27. The van der Waals surface area contributed by atoms with Crippen LogP contribution in [0, 0.1) is 0 Å². The van der Waals surface area contributed by atoms with E-state index in [1.807, 2.05) is 6.07 Å². The van der Waals surface area contributed by atoms with Crippen LogP contribution in [0.1, 0.15) is 48.7 Å². The van der Waals surface area contributed by atoms with Gasteiger partial charge in [0.25, 0.3) is 0 Å². The van der Waals surface area contributed by atoms with Crippen LogP contribution in [-0.4, -0.2) is 0 Å². The fraction of sp³-hybridized carbons (Fsp3) is 0.300. The van der Waals surface area contributed by atoms with E-state index in [1.54, 1.807) is 0 Å². The number of aryl methyl sites for hydroxylation is 1. The lowest BCUT2D eigenvalue weighted by atomic mass is 9.91. The SMILES string of the molecule is C[C@@H](NC1CCCc2c1oc1ccccc21)c1ccccc1. The molecule has 1 heterocycles.